The molecule has 0 aromatic carbocycles. The third-order valence-electron chi connectivity index (χ3n) is 2.70. The molecule has 2 rings (SSSR count). The van der Waals surface area contributed by atoms with Crippen LogP contribution in [-0.4, -0.2) is 40.5 Å². The Balaban J connectivity index is 1.86. The molecule has 0 aliphatic carbocycles. The van der Waals surface area contributed by atoms with Gasteiger partial charge in [0.05, 0.1) is 25.0 Å². The molecular weight excluding hydrogens is 208 g/mol. The van der Waals surface area contributed by atoms with Crippen LogP contribution in [0.4, 0.5) is 0 Å². The molecule has 1 fully saturated rings. The van der Waals surface area contributed by atoms with Gasteiger partial charge in [-0.25, -0.2) is 0 Å². The zero-order valence-corrected chi connectivity index (χ0v) is 9.72. The zero-order chi connectivity index (χ0) is 11.5. The monoisotopic (exact) mass is 226 g/mol. The third kappa shape index (κ3) is 2.81. The Bertz CT molecular complexity index is 345. The molecule has 5 nitrogen and oxygen atoms in total. The Morgan fingerprint density at radius 3 is 2.81 bits per heavy atom. The lowest BCUT2D eigenvalue weighted by Gasteiger charge is -2.14. The maximum absolute atomic E-state index is 9.90. The summed E-state index contributed by atoms with van der Waals surface area (Å²) in [5, 5.41) is 14.1. The van der Waals surface area contributed by atoms with Crippen LogP contribution < -0.4 is 0 Å². The first-order valence-electron chi connectivity index (χ1n) is 5.56. The van der Waals surface area contributed by atoms with Crippen molar-refractivity contribution in [3.63, 3.8) is 0 Å². The Hall–Kier alpha value is -0.910. The van der Waals surface area contributed by atoms with E-state index in [0.717, 1.165) is 11.4 Å². The van der Waals surface area contributed by atoms with Gasteiger partial charge in [-0.3, -0.25) is 4.68 Å². The van der Waals surface area contributed by atoms with E-state index in [1.165, 1.54) is 0 Å². The molecule has 1 aromatic heterocycles. The summed E-state index contributed by atoms with van der Waals surface area (Å²) in [4.78, 5) is 0. The van der Waals surface area contributed by atoms with Crippen LogP contribution in [0.25, 0.3) is 0 Å². The second-order valence-electron chi connectivity index (χ2n) is 4.17. The molecule has 0 bridgehead atoms. The minimum atomic E-state index is -0.446. The lowest BCUT2D eigenvalue weighted by Crippen LogP contribution is -2.21. The Morgan fingerprint density at radius 1 is 1.56 bits per heavy atom. The average molecular weight is 226 g/mol. The van der Waals surface area contributed by atoms with Crippen molar-refractivity contribution in [2.45, 2.75) is 32.2 Å². The van der Waals surface area contributed by atoms with Crippen molar-refractivity contribution in [2.75, 3.05) is 13.2 Å². The summed E-state index contributed by atoms with van der Waals surface area (Å²) in [6.45, 7) is 3.20. The second kappa shape index (κ2) is 4.95. The Labute approximate surface area is 95.0 Å². The van der Waals surface area contributed by atoms with Crippen molar-refractivity contribution in [1.29, 1.82) is 0 Å². The first kappa shape index (κ1) is 11.6. The number of nitrogens with zero attached hydrogens (tertiary/aromatic N) is 2. The summed E-state index contributed by atoms with van der Waals surface area (Å²) in [5.41, 5.74) is 2.00. The lowest BCUT2D eigenvalue weighted by atomic mass is 10.1. The molecule has 0 radical (unpaired) electrons. The number of rotatable bonds is 4. The van der Waals surface area contributed by atoms with E-state index >= 15 is 0 Å². The van der Waals surface area contributed by atoms with Gasteiger partial charge in [-0.2, -0.15) is 5.10 Å². The van der Waals surface area contributed by atoms with Crippen LogP contribution >= 0.6 is 0 Å². The quantitative estimate of drug-likeness (QED) is 0.807. The van der Waals surface area contributed by atoms with Crippen molar-refractivity contribution in [1.82, 2.24) is 9.78 Å². The van der Waals surface area contributed by atoms with Gasteiger partial charge in [0.15, 0.2) is 6.29 Å². The minimum absolute atomic E-state index is 0.246. The summed E-state index contributed by atoms with van der Waals surface area (Å²) in [6.07, 6.45) is 0.410. The van der Waals surface area contributed by atoms with Crippen LogP contribution in [0, 0.1) is 6.92 Å². The lowest BCUT2D eigenvalue weighted by molar-refractivity contribution is -0.0700. The molecule has 2 heterocycles. The molecule has 16 heavy (non-hydrogen) atoms. The van der Waals surface area contributed by atoms with E-state index in [-0.39, 0.29) is 6.29 Å². The van der Waals surface area contributed by atoms with Gasteiger partial charge in [-0.1, -0.05) is 0 Å². The fourth-order valence-corrected chi connectivity index (χ4v) is 1.95. The predicted molar refractivity (Wildman–Crippen MR) is 58.0 cm³/mol. The predicted octanol–water partition coefficient (Wildman–Crippen LogP) is 0.395. The first-order chi connectivity index (χ1) is 7.65. The normalized spacial score (nSPS) is 19.2. The highest BCUT2D eigenvalue weighted by molar-refractivity contribution is 5.09. The maximum atomic E-state index is 9.90. The maximum Gasteiger partial charge on any atom is 0.160 e. The number of aryl methyl sites for hydroxylation is 2. The number of aliphatic hydroxyl groups is 1. The highest BCUT2D eigenvalue weighted by Gasteiger charge is 2.21. The number of ether oxygens (including phenoxy) is 2. The van der Waals surface area contributed by atoms with Crippen molar-refractivity contribution in [2.24, 2.45) is 7.05 Å². The van der Waals surface area contributed by atoms with Crippen molar-refractivity contribution in [3.8, 4) is 0 Å². The summed E-state index contributed by atoms with van der Waals surface area (Å²) in [5.74, 6) is 0. The molecule has 1 saturated heterocycles. The van der Waals surface area contributed by atoms with E-state index in [0.29, 0.717) is 26.1 Å². The Kier molecular flexibility index (Phi) is 3.58. The van der Waals surface area contributed by atoms with Gasteiger partial charge in [0.25, 0.3) is 0 Å². The smallest absolute Gasteiger partial charge is 0.160 e. The standard InChI is InChI=1S/C11H18N2O3/c1-8-5-9(13(2)12-8)6-10(14)7-11-15-3-4-16-11/h5,10-11,14H,3-4,6-7H2,1-2H3. The number of aromatic nitrogens is 2. The van der Waals surface area contributed by atoms with E-state index in [4.69, 9.17) is 9.47 Å². The van der Waals surface area contributed by atoms with Crippen LogP contribution in [0.15, 0.2) is 6.07 Å². The highest BCUT2D eigenvalue weighted by Crippen LogP contribution is 2.14. The average Bonchev–Trinajstić information content (AvgIpc) is 2.78. The molecule has 5 heteroatoms. The van der Waals surface area contributed by atoms with Crippen molar-refractivity contribution >= 4 is 0 Å². The zero-order valence-electron chi connectivity index (χ0n) is 9.72. The topological polar surface area (TPSA) is 56.5 Å². The largest absolute Gasteiger partial charge is 0.393 e. The van der Waals surface area contributed by atoms with Crippen molar-refractivity contribution in [3.05, 3.63) is 17.5 Å². The molecular formula is C11H18N2O3. The molecule has 0 amide bonds. The molecule has 1 atom stereocenters. The molecule has 1 aliphatic heterocycles. The number of hydrogen-bond acceptors (Lipinski definition) is 4. The van der Waals surface area contributed by atoms with Gasteiger partial charge in [0, 0.05) is 25.6 Å². The first-order valence-corrected chi connectivity index (χ1v) is 5.56. The van der Waals surface area contributed by atoms with E-state index in [1.807, 2.05) is 20.0 Å². The van der Waals surface area contributed by atoms with Gasteiger partial charge in [0.1, 0.15) is 0 Å². The van der Waals surface area contributed by atoms with Crippen LogP contribution in [0.1, 0.15) is 17.8 Å². The second-order valence-corrected chi connectivity index (χ2v) is 4.17. The summed E-state index contributed by atoms with van der Waals surface area (Å²) < 4.78 is 12.4. The summed E-state index contributed by atoms with van der Waals surface area (Å²) in [6, 6.07) is 1.99. The molecule has 0 saturated carbocycles. The van der Waals surface area contributed by atoms with E-state index in [9.17, 15) is 5.11 Å². The van der Waals surface area contributed by atoms with Gasteiger partial charge in [-0.15, -0.1) is 0 Å². The molecule has 1 unspecified atom stereocenters. The highest BCUT2D eigenvalue weighted by atomic mass is 16.7. The Morgan fingerprint density at radius 2 is 2.25 bits per heavy atom. The summed E-state index contributed by atoms with van der Waals surface area (Å²) in [7, 11) is 1.89. The minimum Gasteiger partial charge on any atom is -0.393 e. The third-order valence-corrected chi connectivity index (χ3v) is 2.70. The van der Waals surface area contributed by atoms with Gasteiger partial charge in [0.2, 0.25) is 0 Å². The SMILES string of the molecule is Cc1cc(CC(O)CC2OCCO2)n(C)n1. The van der Waals surface area contributed by atoms with E-state index in [1.54, 1.807) is 4.68 Å². The van der Waals surface area contributed by atoms with Gasteiger partial charge < -0.3 is 14.6 Å². The van der Waals surface area contributed by atoms with Crippen LogP contribution in [0.3, 0.4) is 0 Å². The van der Waals surface area contributed by atoms with E-state index in [2.05, 4.69) is 5.10 Å². The molecule has 1 N–H and O–H groups in total. The molecule has 1 aliphatic rings. The van der Waals surface area contributed by atoms with Crippen molar-refractivity contribution < 1.29 is 14.6 Å². The van der Waals surface area contributed by atoms with E-state index < -0.39 is 6.10 Å². The van der Waals surface area contributed by atoms with Crippen LogP contribution in [0.5, 0.6) is 0 Å². The fraction of sp³-hybridized carbons (Fsp3) is 0.727. The summed E-state index contributed by atoms with van der Waals surface area (Å²) >= 11 is 0. The number of aliphatic hydroxyl groups excluding tert-OH is 1. The molecule has 1 aromatic rings. The van der Waals surface area contributed by atoms with Crippen LogP contribution in [0.2, 0.25) is 0 Å². The molecule has 90 valence electrons. The molecule has 0 spiro atoms. The van der Waals surface area contributed by atoms with Gasteiger partial charge >= 0.3 is 0 Å². The fourth-order valence-electron chi connectivity index (χ4n) is 1.95. The number of hydrogen-bond donors (Lipinski definition) is 1. The van der Waals surface area contributed by atoms with Gasteiger partial charge in [-0.05, 0) is 13.0 Å². The van der Waals surface area contributed by atoms with Crippen LogP contribution in [-0.2, 0) is 22.9 Å².